The molecule has 0 amide bonds. The first-order valence-electron chi connectivity index (χ1n) is 11.5. The molecule has 3 aromatic carbocycles. The third-order valence-corrected chi connectivity index (χ3v) is 5.61. The number of rotatable bonds is 4. The average Bonchev–Trinajstić information content (AvgIpc) is 3.21. The van der Waals surface area contributed by atoms with E-state index < -0.39 is 17.9 Å². The molecule has 2 heterocycles. The number of aromatic hydroxyl groups is 1. The summed E-state index contributed by atoms with van der Waals surface area (Å²) < 4.78 is 11.5. The molecule has 0 fully saturated rings. The summed E-state index contributed by atoms with van der Waals surface area (Å²) in [6, 6.07) is 25.3. The van der Waals surface area contributed by atoms with Crippen LogP contribution in [0, 0.1) is 0 Å². The van der Waals surface area contributed by atoms with Crippen LogP contribution in [0.3, 0.4) is 0 Å². The highest BCUT2D eigenvalue weighted by Crippen LogP contribution is 2.34. The van der Waals surface area contributed by atoms with Crippen LogP contribution in [0.5, 0.6) is 17.4 Å². The van der Waals surface area contributed by atoms with Gasteiger partial charge in [-0.2, -0.15) is 0 Å². The zero-order valence-corrected chi connectivity index (χ0v) is 21.4. The van der Waals surface area contributed by atoms with Gasteiger partial charge in [-0.25, -0.2) is 14.2 Å². The Morgan fingerprint density at radius 3 is 1.97 bits per heavy atom. The largest absolute Gasteiger partial charge is 0.493 e. The Balaban J connectivity index is 0.000000317. The molecule has 0 aliphatic carbocycles. The van der Waals surface area contributed by atoms with Gasteiger partial charge in [0.2, 0.25) is 5.88 Å². The summed E-state index contributed by atoms with van der Waals surface area (Å²) in [5.41, 5.74) is 1.26. The number of hydrogen-bond donors (Lipinski definition) is 1. The normalized spacial score (nSPS) is 10.3. The van der Waals surface area contributed by atoms with Crippen molar-refractivity contribution in [1.29, 1.82) is 0 Å². The van der Waals surface area contributed by atoms with Crippen molar-refractivity contribution in [3.63, 3.8) is 0 Å². The fourth-order valence-electron chi connectivity index (χ4n) is 3.56. The van der Waals surface area contributed by atoms with Crippen LogP contribution in [0.25, 0.3) is 10.9 Å². The lowest BCUT2D eigenvalue weighted by atomic mass is 10.1. The topological polar surface area (TPSA) is 93.9 Å². The number of benzene rings is 3. The van der Waals surface area contributed by atoms with E-state index in [4.69, 9.17) is 21.1 Å². The van der Waals surface area contributed by atoms with Crippen molar-refractivity contribution in [2.24, 2.45) is 0 Å². The highest BCUT2D eigenvalue weighted by molar-refractivity contribution is 6.31. The van der Waals surface area contributed by atoms with Gasteiger partial charge in [-0.1, -0.05) is 48.0 Å². The maximum Gasteiger partial charge on any atom is 0.426 e. The fourth-order valence-corrected chi connectivity index (χ4v) is 3.73. The number of fused-ring (bicyclic) bond motifs is 1. The van der Waals surface area contributed by atoms with Gasteiger partial charge < -0.3 is 19.5 Å². The number of carbonyl (C=O) groups excluding carboxylic acids is 2. The summed E-state index contributed by atoms with van der Waals surface area (Å²) >= 11 is 6.07. The number of pyridine rings is 1. The first-order valence-corrected chi connectivity index (χ1v) is 11.9. The predicted molar refractivity (Wildman–Crippen MR) is 146 cm³/mol. The van der Waals surface area contributed by atoms with E-state index in [9.17, 15) is 14.7 Å². The number of halogens is 1. The molecule has 0 bridgehead atoms. The summed E-state index contributed by atoms with van der Waals surface area (Å²) in [7, 11) is 4.02. The minimum atomic E-state index is -0.875. The van der Waals surface area contributed by atoms with E-state index in [1.54, 1.807) is 79.1 Å². The molecular weight excluding hydrogens is 506 g/mol. The summed E-state index contributed by atoms with van der Waals surface area (Å²) in [6.07, 6.45) is 2.70. The number of aromatic nitrogens is 2. The molecule has 192 valence electrons. The zero-order chi connectivity index (χ0) is 27.1. The average molecular weight is 530 g/mol. The van der Waals surface area contributed by atoms with E-state index in [2.05, 4.69) is 4.98 Å². The maximum atomic E-state index is 12.8. The van der Waals surface area contributed by atoms with E-state index in [0.29, 0.717) is 16.5 Å². The molecule has 0 aliphatic heterocycles. The number of nitrogens with zero attached hydrogens (tertiary/aromatic N) is 3. The van der Waals surface area contributed by atoms with Crippen LogP contribution in [0.2, 0.25) is 5.02 Å². The van der Waals surface area contributed by atoms with Gasteiger partial charge in [-0.3, -0.25) is 4.98 Å². The van der Waals surface area contributed by atoms with Crippen LogP contribution in [0.1, 0.15) is 10.4 Å². The van der Waals surface area contributed by atoms with Crippen molar-refractivity contribution in [2.45, 2.75) is 0 Å². The van der Waals surface area contributed by atoms with Crippen LogP contribution in [0.4, 0.5) is 10.5 Å². The van der Waals surface area contributed by atoms with Crippen LogP contribution in [-0.2, 0) is 0 Å². The molecule has 5 aromatic rings. The van der Waals surface area contributed by atoms with Crippen LogP contribution in [0.15, 0.2) is 103 Å². The van der Waals surface area contributed by atoms with E-state index >= 15 is 0 Å². The number of ether oxygens (including phenoxy) is 2. The second-order valence-electron chi connectivity index (χ2n) is 8.18. The maximum absolute atomic E-state index is 12.8. The zero-order valence-electron chi connectivity index (χ0n) is 20.6. The Labute approximate surface area is 224 Å². The van der Waals surface area contributed by atoms with Crippen molar-refractivity contribution in [1.82, 2.24) is 9.55 Å². The smallest absolute Gasteiger partial charge is 0.426 e. The molecule has 1 N–H and O–H groups in total. The Bertz CT molecular complexity index is 1540. The number of para-hydroxylation sites is 2. The second kappa shape index (κ2) is 11.9. The SMILES string of the molecule is CN(C)c1ccncc1.O=C(Oc1ccccc1)c1c(O)n(C(=O)Oc2ccccc2)c2ccc(Cl)cc12. The van der Waals surface area contributed by atoms with Gasteiger partial charge in [0.25, 0.3) is 0 Å². The standard InChI is InChI=1S/C22H14ClNO5.C7H10N2/c23-14-11-12-18-17(13-14)19(21(26)28-15-7-3-1-4-8-15)20(25)24(18)22(27)29-16-9-5-2-6-10-16;1-9(2)7-3-5-8-6-4-7/h1-13,25H;3-6H,1-2H3. The molecule has 8 nitrogen and oxygen atoms in total. The molecule has 0 aliphatic rings. The quantitative estimate of drug-likeness (QED) is 0.212. The van der Waals surface area contributed by atoms with Crippen LogP contribution in [-0.4, -0.2) is 40.8 Å². The molecule has 0 saturated carbocycles. The fraction of sp³-hybridized carbons (Fsp3) is 0.0690. The van der Waals surface area contributed by atoms with E-state index in [-0.39, 0.29) is 16.5 Å². The summed E-state index contributed by atoms with van der Waals surface area (Å²) in [5, 5.41) is 11.3. The molecular formula is C29H24ClN3O5. The Hall–Kier alpha value is -4.82. The second-order valence-corrected chi connectivity index (χ2v) is 8.62. The Kier molecular flexibility index (Phi) is 8.25. The van der Waals surface area contributed by atoms with Gasteiger partial charge in [0.1, 0.15) is 17.1 Å². The van der Waals surface area contributed by atoms with Gasteiger partial charge in [0, 0.05) is 42.6 Å². The number of hydrogen-bond acceptors (Lipinski definition) is 7. The first-order chi connectivity index (χ1) is 18.3. The first kappa shape index (κ1) is 26.2. The van der Waals surface area contributed by atoms with Gasteiger partial charge in [-0.05, 0) is 54.6 Å². The van der Waals surface area contributed by atoms with E-state index in [1.165, 1.54) is 17.8 Å². The lowest BCUT2D eigenvalue weighted by Gasteiger charge is -2.10. The third kappa shape index (κ3) is 6.11. The monoisotopic (exact) mass is 529 g/mol. The molecule has 0 spiro atoms. The third-order valence-electron chi connectivity index (χ3n) is 5.37. The summed E-state index contributed by atoms with van der Waals surface area (Å²) in [5.74, 6) is -0.829. The minimum absolute atomic E-state index is 0.184. The summed E-state index contributed by atoms with van der Waals surface area (Å²) in [4.78, 5) is 31.4. The molecule has 0 saturated heterocycles. The van der Waals surface area contributed by atoms with Gasteiger partial charge in [-0.15, -0.1) is 0 Å². The van der Waals surface area contributed by atoms with Crippen molar-refractivity contribution in [2.75, 3.05) is 19.0 Å². The van der Waals surface area contributed by atoms with Crippen molar-refractivity contribution >= 4 is 40.3 Å². The molecule has 0 radical (unpaired) electrons. The number of carbonyl (C=O) groups is 2. The lowest BCUT2D eigenvalue weighted by molar-refractivity contribution is 0.0733. The predicted octanol–water partition coefficient (Wildman–Crippen LogP) is 6.41. The number of esters is 1. The Morgan fingerprint density at radius 2 is 1.42 bits per heavy atom. The molecule has 9 heteroatoms. The van der Waals surface area contributed by atoms with Crippen LogP contribution >= 0.6 is 11.6 Å². The van der Waals surface area contributed by atoms with Gasteiger partial charge in [0.05, 0.1) is 5.52 Å². The van der Waals surface area contributed by atoms with Crippen LogP contribution < -0.4 is 14.4 Å². The van der Waals surface area contributed by atoms with Crippen molar-refractivity contribution in [3.8, 4) is 17.4 Å². The minimum Gasteiger partial charge on any atom is -0.493 e. The molecule has 5 rings (SSSR count). The van der Waals surface area contributed by atoms with E-state index in [0.717, 1.165) is 4.57 Å². The van der Waals surface area contributed by atoms with Crippen molar-refractivity contribution in [3.05, 3.63) is 114 Å². The Morgan fingerprint density at radius 1 is 0.842 bits per heavy atom. The molecule has 2 aromatic heterocycles. The highest BCUT2D eigenvalue weighted by Gasteiger charge is 2.28. The molecule has 0 atom stereocenters. The van der Waals surface area contributed by atoms with Gasteiger partial charge >= 0.3 is 12.1 Å². The van der Waals surface area contributed by atoms with Crippen molar-refractivity contribution < 1.29 is 24.2 Å². The molecule has 0 unspecified atom stereocenters. The molecule has 38 heavy (non-hydrogen) atoms. The highest BCUT2D eigenvalue weighted by atomic mass is 35.5. The van der Waals surface area contributed by atoms with Gasteiger partial charge in [0.15, 0.2) is 0 Å². The lowest BCUT2D eigenvalue weighted by Crippen LogP contribution is -2.16. The van der Waals surface area contributed by atoms with E-state index in [1.807, 2.05) is 31.1 Å². The summed E-state index contributed by atoms with van der Waals surface area (Å²) in [6.45, 7) is 0. The number of anilines is 1.